The predicted octanol–water partition coefficient (Wildman–Crippen LogP) is 2.00. The predicted molar refractivity (Wildman–Crippen MR) is 68.6 cm³/mol. The summed E-state index contributed by atoms with van der Waals surface area (Å²) >= 11 is 0. The van der Waals surface area contributed by atoms with Gasteiger partial charge in [0.15, 0.2) is 12.0 Å². The molecular weight excluding hydrogens is 214 g/mol. The standard InChI is InChI=1S/C13H19N3O/c1-13(2,14)8-16(3)7-10-4-5-11-12(6-10)17-9-15-11/h4-6,9H,7-8,14H2,1-3H3. The molecule has 0 bridgehead atoms. The van der Waals surface area contributed by atoms with Gasteiger partial charge in [0.2, 0.25) is 0 Å². The average molecular weight is 233 g/mol. The molecule has 0 atom stereocenters. The molecule has 0 saturated heterocycles. The minimum Gasteiger partial charge on any atom is -0.443 e. The van der Waals surface area contributed by atoms with E-state index in [0.717, 1.165) is 24.2 Å². The zero-order chi connectivity index (χ0) is 12.5. The largest absolute Gasteiger partial charge is 0.443 e. The third kappa shape index (κ3) is 3.28. The van der Waals surface area contributed by atoms with Gasteiger partial charge in [0.05, 0.1) is 0 Å². The molecule has 4 nitrogen and oxygen atoms in total. The number of nitrogens with two attached hydrogens (primary N) is 1. The van der Waals surface area contributed by atoms with Gasteiger partial charge < -0.3 is 15.1 Å². The van der Waals surface area contributed by atoms with Gasteiger partial charge in [-0.05, 0) is 38.6 Å². The Morgan fingerprint density at radius 2 is 2.18 bits per heavy atom. The smallest absolute Gasteiger partial charge is 0.181 e. The van der Waals surface area contributed by atoms with Crippen molar-refractivity contribution in [2.45, 2.75) is 25.9 Å². The van der Waals surface area contributed by atoms with Crippen LogP contribution < -0.4 is 5.73 Å². The Morgan fingerprint density at radius 1 is 1.41 bits per heavy atom. The van der Waals surface area contributed by atoms with Gasteiger partial charge in [0.25, 0.3) is 0 Å². The molecule has 92 valence electrons. The molecule has 0 amide bonds. The first-order valence-corrected chi connectivity index (χ1v) is 5.74. The quantitative estimate of drug-likeness (QED) is 0.877. The van der Waals surface area contributed by atoms with Crippen LogP contribution in [0.4, 0.5) is 0 Å². The Morgan fingerprint density at radius 3 is 2.88 bits per heavy atom. The lowest BCUT2D eigenvalue weighted by molar-refractivity contribution is 0.263. The third-order valence-corrected chi connectivity index (χ3v) is 2.53. The number of likely N-dealkylation sites (N-methyl/N-ethyl adjacent to an activating group) is 1. The first-order valence-electron chi connectivity index (χ1n) is 5.74. The first kappa shape index (κ1) is 12.1. The van der Waals surface area contributed by atoms with Crippen LogP contribution in [0, 0.1) is 0 Å². The second-order valence-electron chi connectivity index (χ2n) is 5.32. The van der Waals surface area contributed by atoms with Gasteiger partial charge in [0, 0.05) is 18.6 Å². The third-order valence-electron chi connectivity index (χ3n) is 2.53. The number of oxazole rings is 1. The lowest BCUT2D eigenvalue weighted by atomic mass is 10.1. The topological polar surface area (TPSA) is 55.3 Å². The SMILES string of the molecule is CN(Cc1ccc2ncoc2c1)CC(C)(C)N. The maximum atomic E-state index is 5.99. The molecule has 2 rings (SSSR count). The number of nitrogens with zero attached hydrogens (tertiary/aromatic N) is 2. The summed E-state index contributed by atoms with van der Waals surface area (Å²) in [7, 11) is 2.07. The fraction of sp³-hybridized carbons (Fsp3) is 0.462. The number of rotatable bonds is 4. The van der Waals surface area contributed by atoms with Crippen molar-refractivity contribution in [3.8, 4) is 0 Å². The Balaban J connectivity index is 2.07. The zero-order valence-electron chi connectivity index (χ0n) is 10.6. The summed E-state index contributed by atoms with van der Waals surface area (Å²) in [4.78, 5) is 6.30. The van der Waals surface area contributed by atoms with E-state index < -0.39 is 0 Å². The summed E-state index contributed by atoms with van der Waals surface area (Å²) in [5.41, 5.74) is 8.76. The van der Waals surface area contributed by atoms with E-state index in [4.69, 9.17) is 10.2 Å². The molecular formula is C13H19N3O. The minimum atomic E-state index is -0.176. The maximum absolute atomic E-state index is 5.99. The van der Waals surface area contributed by atoms with E-state index in [0.29, 0.717) is 0 Å². The summed E-state index contributed by atoms with van der Waals surface area (Å²) in [6.07, 6.45) is 1.47. The van der Waals surface area contributed by atoms with Crippen molar-refractivity contribution >= 4 is 11.1 Å². The average Bonchev–Trinajstić information content (AvgIpc) is 2.61. The van der Waals surface area contributed by atoms with Crippen LogP contribution in [0.25, 0.3) is 11.1 Å². The van der Waals surface area contributed by atoms with E-state index in [-0.39, 0.29) is 5.54 Å². The van der Waals surface area contributed by atoms with E-state index >= 15 is 0 Å². The van der Waals surface area contributed by atoms with E-state index in [9.17, 15) is 0 Å². The minimum absolute atomic E-state index is 0.176. The van der Waals surface area contributed by atoms with Crippen molar-refractivity contribution in [1.82, 2.24) is 9.88 Å². The Labute approximate surface area is 101 Å². The van der Waals surface area contributed by atoms with Gasteiger partial charge in [-0.25, -0.2) is 4.98 Å². The summed E-state index contributed by atoms with van der Waals surface area (Å²) in [5.74, 6) is 0. The Hall–Kier alpha value is -1.39. The van der Waals surface area contributed by atoms with E-state index in [1.165, 1.54) is 12.0 Å². The highest BCUT2D eigenvalue weighted by molar-refractivity contribution is 5.72. The molecule has 2 N–H and O–H groups in total. The fourth-order valence-corrected chi connectivity index (χ4v) is 2.06. The second-order valence-corrected chi connectivity index (χ2v) is 5.32. The van der Waals surface area contributed by atoms with Gasteiger partial charge in [0.1, 0.15) is 5.52 Å². The number of benzene rings is 1. The van der Waals surface area contributed by atoms with Crippen molar-refractivity contribution < 1.29 is 4.42 Å². The van der Waals surface area contributed by atoms with Crippen LogP contribution in [0.2, 0.25) is 0 Å². The van der Waals surface area contributed by atoms with Crippen LogP contribution in [0.5, 0.6) is 0 Å². The monoisotopic (exact) mass is 233 g/mol. The Bertz CT molecular complexity index is 499. The van der Waals surface area contributed by atoms with E-state index in [1.807, 2.05) is 26.0 Å². The van der Waals surface area contributed by atoms with Crippen LogP contribution in [0.1, 0.15) is 19.4 Å². The summed E-state index contributed by atoms with van der Waals surface area (Å²) in [6, 6.07) is 6.09. The van der Waals surface area contributed by atoms with Crippen molar-refractivity contribution in [3.63, 3.8) is 0 Å². The highest BCUT2D eigenvalue weighted by Gasteiger charge is 2.14. The zero-order valence-corrected chi connectivity index (χ0v) is 10.6. The van der Waals surface area contributed by atoms with E-state index in [2.05, 4.69) is 23.0 Å². The van der Waals surface area contributed by atoms with Crippen molar-refractivity contribution in [2.75, 3.05) is 13.6 Å². The molecule has 0 aliphatic heterocycles. The highest BCUT2D eigenvalue weighted by atomic mass is 16.3. The number of hydrogen-bond acceptors (Lipinski definition) is 4. The van der Waals surface area contributed by atoms with Crippen LogP contribution in [0.15, 0.2) is 29.0 Å². The van der Waals surface area contributed by atoms with E-state index in [1.54, 1.807) is 0 Å². The molecule has 1 heterocycles. The number of aromatic nitrogens is 1. The second kappa shape index (κ2) is 4.47. The van der Waals surface area contributed by atoms with Gasteiger partial charge in [-0.1, -0.05) is 6.07 Å². The molecule has 0 aliphatic rings. The van der Waals surface area contributed by atoms with Gasteiger partial charge >= 0.3 is 0 Å². The lowest BCUT2D eigenvalue weighted by Crippen LogP contribution is -2.43. The molecule has 1 aromatic carbocycles. The molecule has 4 heteroatoms. The van der Waals surface area contributed by atoms with Crippen LogP contribution in [-0.4, -0.2) is 29.0 Å². The van der Waals surface area contributed by atoms with Gasteiger partial charge in [-0.15, -0.1) is 0 Å². The molecule has 17 heavy (non-hydrogen) atoms. The molecule has 0 unspecified atom stereocenters. The maximum Gasteiger partial charge on any atom is 0.181 e. The summed E-state index contributed by atoms with van der Waals surface area (Å²) in [5, 5.41) is 0. The number of hydrogen-bond donors (Lipinski definition) is 1. The number of fused-ring (bicyclic) bond motifs is 1. The lowest BCUT2D eigenvalue weighted by Gasteiger charge is -2.26. The molecule has 0 saturated carbocycles. The molecule has 0 spiro atoms. The summed E-state index contributed by atoms with van der Waals surface area (Å²) < 4.78 is 5.29. The van der Waals surface area contributed by atoms with Gasteiger partial charge in [-0.2, -0.15) is 0 Å². The molecule has 0 fully saturated rings. The highest BCUT2D eigenvalue weighted by Crippen LogP contribution is 2.15. The molecule has 2 aromatic rings. The van der Waals surface area contributed by atoms with Crippen LogP contribution in [0.3, 0.4) is 0 Å². The van der Waals surface area contributed by atoms with Crippen molar-refractivity contribution in [3.05, 3.63) is 30.2 Å². The Kier molecular flexibility index (Phi) is 3.17. The van der Waals surface area contributed by atoms with Crippen molar-refractivity contribution in [2.24, 2.45) is 5.73 Å². The van der Waals surface area contributed by atoms with Crippen LogP contribution >= 0.6 is 0 Å². The van der Waals surface area contributed by atoms with Crippen molar-refractivity contribution in [1.29, 1.82) is 0 Å². The first-order chi connectivity index (χ1) is 7.94. The fourth-order valence-electron chi connectivity index (χ4n) is 2.06. The normalized spacial score (nSPS) is 12.5. The molecule has 1 aromatic heterocycles. The van der Waals surface area contributed by atoms with Gasteiger partial charge in [-0.3, -0.25) is 0 Å². The molecule has 0 radical (unpaired) electrons. The van der Waals surface area contributed by atoms with Crippen LogP contribution in [-0.2, 0) is 6.54 Å². The molecule has 0 aliphatic carbocycles. The summed E-state index contributed by atoms with van der Waals surface area (Å²) in [6.45, 7) is 5.77.